The molecular weight excluding hydrogens is 268 g/mol. The molecule has 112 valence electrons. The lowest BCUT2D eigenvalue weighted by Crippen LogP contribution is -2.54. The smallest absolute Gasteiger partial charge is 0.281 e. The van der Waals surface area contributed by atoms with E-state index < -0.39 is 10.2 Å². The lowest BCUT2D eigenvalue weighted by Gasteiger charge is -2.36. The number of nitrogens with two attached hydrogens (primary N) is 1. The minimum absolute atomic E-state index is 0.00287. The molecule has 1 aliphatic heterocycles. The van der Waals surface area contributed by atoms with Crippen LogP contribution in [0.2, 0.25) is 0 Å². The molecule has 0 spiro atoms. The van der Waals surface area contributed by atoms with Crippen LogP contribution in [0.4, 0.5) is 0 Å². The summed E-state index contributed by atoms with van der Waals surface area (Å²) < 4.78 is 26.5. The fourth-order valence-corrected chi connectivity index (χ4v) is 2.97. The third kappa shape index (κ3) is 3.65. The van der Waals surface area contributed by atoms with Crippen LogP contribution in [0, 0.1) is 5.92 Å². The summed E-state index contributed by atoms with van der Waals surface area (Å²) in [5.41, 5.74) is 5.72. The van der Waals surface area contributed by atoms with Crippen LogP contribution in [0.25, 0.3) is 0 Å². The van der Waals surface area contributed by atoms with Crippen molar-refractivity contribution in [3.63, 3.8) is 0 Å². The van der Waals surface area contributed by atoms with Crippen molar-refractivity contribution in [2.75, 3.05) is 40.3 Å². The van der Waals surface area contributed by atoms with Crippen molar-refractivity contribution in [1.29, 1.82) is 0 Å². The normalized spacial score (nSPS) is 21.5. The molecule has 0 aromatic heterocycles. The van der Waals surface area contributed by atoms with E-state index in [-0.39, 0.29) is 17.9 Å². The molecule has 2 N–H and O–H groups in total. The van der Waals surface area contributed by atoms with Crippen molar-refractivity contribution in [2.45, 2.75) is 19.9 Å². The highest BCUT2D eigenvalue weighted by Crippen LogP contribution is 2.13. The van der Waals surface area contributed by atoms with E-state index in [2.05, 4.69) is 0 Å². The van der Waals surface area contributed by atoms with Crippen molar-refractivity contribution in [3.05, 3.63) is 0 Å². The first-order valence-electron chi connectivity index (χ1n) is 6.40. The quantitative estimate of drug-likeness (QED) is 0.714. The summed E-state index contributed by atoms with van der Waals surface area (Å²) in [6, 6.07) is -0.198. The first kappa shape index (κ1) is 16.4. The summed E-state index contributed by atoms with van der Waals surface area (Å²) in [5.74, 6) is -0.242. The third-order valence-electron chi connectivity index (χ3n) is 3.52. The van der Waals surface area contributed by atoms with Gasteiger partial charge in [-0.1, -0.05) is 6.92 Å². The van der Waals surface area contributed by atoms with Crippen molar-refractivity contribution in [2.24, 2.45) is 11.7 Å². The van der Waals surface area contributed by atoms with Gasteiger partial charge in [0.15, 0.2) is 0 Å². The van der Waals surface area contributed by atoms with Gasteiger partial charge in [0.05, 0.1) is 5.92 Å². The van der Waals surface area contributed by atoms with Crippen molar-refractivity contribution in [3.8, 4) is 0 Å². The first-order valence-corrected chi connectivity index (χ1v) is 7.79. The molecule has 1 aliphatic rings. The zero-order valence-corrected chi connectivity index (χ0v) is 12.9. The van der Waals surface area contributed by atoms with E-state index in [0.29, 0.717) is 26.2 Å². The minimum Gasteiger partial charge on any atom is -0.340 e. The summed E-state index contributed by atoms with van der Waals surface area (Å²) in [6.45, 7) is 5.10. The Balaban J connectivity index is 2.61. The largest absolute Gasteiger partial charge is 0.340 e. The standard InChI is InChI=1S/C11H24N4O3S/c1-9(10(2)12)11(16)14-5-7-15(8-6-14)19(17,18)13(3)4/h9-10H,5-8,12H2,1-4H3. The van der Waals surface area contributed by atoms with Crippen molar-refractivity contribution >= 4 is 16.1 Å². The predicted molar refractivity (Wildman–Crippen MR) is 73.6 cm³/mol. The minimum atomic E-state index is -3.38. The Morgan fingerprint density at radius 3 is 2.00 bits per heavy atom. The molecule has 8 heteroatoms. The van der Waals surface area contributed by atoms with Crippen molar-refractivity contribution in [1.82, 2.24) is 13.5 Å². The van der Waals surface area contributed by atoms with Crippen LogP contribution < -0.4 is 5.73 Å². The summed E-state index contributed by atoms with van der Waals surface area (Å²) in [7, 11) is -0.372. The number of amides is 1. The Bertz CT molecular complexity index is 414. The SMILES string of the molecule is CC(N)C(C)C(=O)N1CCN(S(=O)(=O)N(C)C)CC1. The Morgan fingerprint density at radius 2 is 1.63 bits per heavy atom. The lowest BCUT2D eigenvalue weighted by molar-refractivity contribution is -0.136. The molecule has 0 aliphatic carbocycles. The summed E-state index contributed by atoms with van der Waals surface area (Å²) >= 11 is 0. The van der Waals surface area contributed by atoms with E-state index in [1.807, 2.05) is 0 Å². The van der Waals surface area contributed by atoms with Crippen LogP contribution >= 0.6 is 0 Å². The molecule has 0 bridgehead atoms. The van der Waals surface area contributed by atoms with Crippen molar-refractivity contribution < 1.29 is 13.2 Å². The van der Waals surface area contributed by atoms with Crippen LogP contribution in [-0.2, 0) is 15.0 Å². The average Bonchev–Trinajstić information content (AvgIpc) is 2.36. The average molecular weight is 292 g/mol. The first-order chi connectivity index (χ1) is 8.67. The highest BCUT2D eigenvalue weighted by molar-refractivity contribution is 7.86. The maximum absolute atomic E-state index is 12.1. The number of carbonyl (C=O) groups is 1. The summed E-state index contributed by atoms with van der Waals surface area (Å²) in [6.07, 6.45) is 0. The second-order valence-corrected chi connectivity index (χ2v) is 7.30. The molecule has 0 radical (unpaired) electrons. The highest BCUT2D eigenvalue weighted by atomic mass is 32.2. The second-order valence-electron chi connectivity index (χ2n) is 5.16. The molecule has 19 heavy (non-hydrogen) atoms. The number of hydrogen-bond donors (Lipinski definition) is 1. The molecule has 1 rings (SSSR count). The Hall–Kier alpha value is -0.700. The zero-order valence-electron chi connectivity index (χ0n) is 12.0. The molecule has 1 fully saturated rings. The van der Waals surface area contributed by atoms with E-state index in [9.17, 15) is 13.2 Å². The molecule has 0 aromatic rings. The van der Waals surface area contributed by atoms with E-state index >= 15 is 0 Å². The van der Waals surface area contributed by atoms with Crippen LogP contribution in [0.5, 0.6) is 0 Å². The fourth-order valence-electron chi connectivity index (χ4n) is 1.88. The number of hydrogen-bond acceptors (Lipinski definition) is 4. The molecule has 1 amide bonds. The zero-order chi connectivity index (χ0) is 14.8. The van der Waals surface area contributed by atoms with Crippen LogP contribution in [0.1, 0.15) is 13.8 Å². The molecule has 2 atom stereocenters. The van der Waals surface area contributed by atoms with Gasteiger partial charge in [0.2, 0.25) is 5.91 Å². The van der Waals surface area contributed by atoms with Gasteiger partial charge >= 0.3 is 0 Å². The Morgan fingerprint density at radius 1 is 1.16 bits per heavy atom. The van der Waals surface area contributed by atoms with Gasteiger partial charge in [-0.25, -0.2) is 0 Å². The van der Waals surface area contributed by atoms with Gasteiger partial charge in [0.1, 0.15) is 0 Å². The molecule has 0 aromatic carbocycles. The maximum atomic E-state index is 12.1. The number of rotatable bonds is 4. The maximum Gasteiger partial charge on any atom is 0.281 e. The molecule has 2 unspecified atom stereocenters. The van der Waals surface area contributed by atoms with E-state index in [1.165, 1.54) is 22.7 Å². The number of carbonyl (C=O) groups excluding carboxylic acids is 1. The second kappa shape index (κ2) is 6.17. The number of piperazine rings is 1. The van der Waals surface area contributed by atoms with Gasteiger partial charge in [0, 0.05) is 46.3 Å². The Labute approximate surface area is 115 Å². The molecular formula is C11H24N4O3S. The monoisotopic (exact) mass is 292 g/mol. The van der Waals surface area contributed by atoms with E-state index in [0.717, 1.165) is 0 Å². The van der Waals surface area contributed by atoms with Gasteiger partial charge in [-0.2, -0.15) is 17.0 Å². The van der Waals surface area contributed by atoms with Crippen LogP contribution in [0.3, 0.4) is 0 Å². The van der Waals surface area contributed by atoms with Gasteiger partial charge < -0.3 is 10.6 Å². The molecule has 0 saturated carbocycles. The highest BCUT2D eigenvalue weighted by Gasteiger charge is 2.32. The predicted octanol–water partition coefficient (Wildman–Crippen LogP) is -1.08. The van der Waals surface area contributed by atoms with Crippen LogP contribution in [0.15, 0.2) is 0 Å². The van der Waals surface area contributed by atoms with E-state index in [4.69, 9.17) is 5.73 Å². The van der Waals surface area contributed by atoms with Crippen LogP contribution in [-0.4, -0.2) is 74.2 Å². The molecule has 7 nitrogen and oxygen atoms in total. The molecule has 1 saturated heterocycles. The number of nitrogens with zero attached hydrogens (tertiary/aromatic N) is 3. The molecule has 1 heterocycles. The third-order valence-corrected chi connectivity index (χ3v) is 5.46. The lowest BCUT2D eigenvalue weighted by atomic mass is 10.0. The topological polar surface area (TPSA) is 87.0 Å². The van der Waals surface area contributed by atoms with Gasteiger partial charge in [-0.15, -0.1) is 0 Å². The summed E-state index contributed by atoms with van der Waals surface area (Å²) in [5, 5.41) is 0. The van der Waals surface area contributed by atoms with Gasteiger partial charge in [-0.3, -0.25) is 4.79 Å². The van der Waals surface area contributed by atoms with E-state index in [1.54, 1.807) is 18.7 Å². The summed E-state index contributed by atoms with van der Waals surface area (Å²) in [4.78, 5) is 13.8. The van der Waals surface area contributed by atoms with Gasteiger partial charge in [0.25, 0.3) is 10.2 Å². The van der Waals surface area contributed by atoms with Gasteiger partial charge in [-0.05, 0) is 6.92 Å². The Kier molecular flexibility index (Phi) is 5.31. The fraction of sp³-hybridized carbons (Fsp3) is 0.909.